The number of ether oxygens (including phenoxy) is 4. The van der Waals surface area contributed by atoms with Crippen LogP contribution in [0.5, 0.6) is 0 Å². The van der Waals surface area contributed by atoms with Crippen molar-refractivity contribution in [1.29, 1.82) is 0 Å². The van der Waals surface area contributed by atoms with Crippen LogP contribution in [0.3, 0.4) is 0 Å². The van der Waals surface area contributed by atoms with E-state index < -0.39 is 86.8 Å². The van der Waals surface area contributed by atoms with Gasteiger partial charge in [-0.25, -0.2) is 0 Å². The van der Waals surface area contributed by atoms with Crippen molar-refractivity contribution in [2.24, 2.45) is 0 Å². The number of nitrogens with one attached hydrogen (secondary N) is 1. The summed E-state index contributed by atoms with van der Waals surface area (Å²) in [5.41, 5.74) is 0. The Hall–Kier alpha value is -3.61. The first-order valence-corrected chi connectivity index (χ1v) is 27.3. The molecule has 0 saturated carbocycles. The minimum absolute atomic E-state index is 0.249. The zero-order chi connectivity index (χ0) is 53.2. The Kier molecular flexibility index (Phi) is 39.1. The second-order valence-electron chi connectivity index (χ2n) is 18.6. The van der Waals surface area contributed by atoms with Crippen molar-refractivity contribution in [3.8, 4) is 0 Å². The van der Waals surface area contributed by atoms with Crippen LogP contribution in [0.15, 0.2) is 122 Å². The van der Waals surface area contributed by atoms with Gasteiger partial charge in [0.2, 0.25) is 5.91 Å². The Bertz CT molecular complexity index is 1680. The fraction of sp³-hybridized carbons (Fsp3) is 0.644. The summed E-state index contributed by atoms with van der Waals surface area (Å²) in [6.07, 6.45) is 45.8. The molecule has 0 bridgehead atoms. The van der Waals surface area contributed by atoms with Crippen molar-refractivity contribution < 1.29 is 64.6 Å². The fourth-order valence-electron chi connectivity index (χ4n) is 7.99. The average Bonchev–Trinajstić information content (AvgIpc) is 3.39. The van der Waals surface area contributed by atoms with Crippen LogP contribution in [0.2, 0.25) is 0 Å². The van der Waals surface area contributed by atoms with Gasteiger partial charge in [0, 0.05) is 6.42 Å². The Morgan fingerprint density at radius 2 is 0.945 bits per heavy atom. The van der Waals surface area contributed by atoms with Crippen LogP contribution in [0, 0.1) is 0 Å². The van der Waals surface area contributed by atoms with Gasteiger partial charge >= 0.3 is 0 Å². The highest BCUT2D eigenvalue weighted by molar-refractivity contribution is 5.76. The minimum Gasteiger partial charge on any atom is -0.394 e. The van der Waals surface area contributed by atoms with Gasteiger partial charge in [-0.15, -0.1) is 0 Å². The zero-order valence-corrected chi connectivity index (χ0v) is 44.1. The third-order valence-electron chi connectivity index (χ3n) is 12.4. The Balaban J connectivity index is 1.65. The van der Waals surface area contributed by atoms with E-state index >= 15 is 0 Å². The summed E-state index contributed by atoms with van der Waals surface area (Å²) in [6.45, 7) is 2.53. The van der Waals surface area contributed by atoms with Gasteiger partial charge in [0.15, 0.2) is 12.6 Å². The maximum Gasteiger partial charge on any atom is 0.220 e. The van der Waals surface area contributed by atoms with Crippen LogP contribution in [0.25, 0.3) is 0 Å². The monoisotopic (exact) mass is 1030 g/mol. The molecule has 0 spiro atoms. The number of unbranched alkanes of at least 4 members (excludes halogenated alkanes) is 9. The molecule has 12 atom stereocenters. The molecule has 2 heterocycles. The summed E-state index contributed by atoms with van der Waals surface area (Å²) in [7, 11) is 0. The van der Waals surface area contributed by atoms with Crippen molar-refractivity contribution in [2.75, 3.05) is 19.8 Å². The van der Waals surface area contributed by atoms with Crippen molar-refractivity contribution >= 4 is 5.91 Å². The first kappa shape index (κ1) is 65.5. The molecule has 0 aromatic carbocycles. The lowest BCUT2D eigenvalue weighted by atomic mass is 9.97. The second kappa shape index (κ2) is 43.6. The van der Waals surface area contributed by atoms with Crippen LogP contribution >= 0.6 is 0 Å². The van der Waals surface area contributed by atoms with Gasteiger partial charge < -0.3 is 65.1 Å². The number of hydrogen-bond donors (Lipinski definition) is 9. The number of hydrogen-bond acceptors (Lipinski definition) is 13. The number of carbonyl (C=O) groups excluding carboxylic acids is 1. The molecule has 2 rings (SSSR count). The number of carbonyl (C=O) groups is 1. The predicted octanol–water partition coefficient (Wildman–Crippen LogP) is 8.27. The maximum atomic E-state index is 13.1. The van der Waals surface area contributed by atoms with Crippen molar-refractivity contribution in [3.63, 3.8) is 0 Å². The van der Waals surface area contributed by atoms with Gasteiger partial charge in [-0.05, 0) is 89.9 Å². The normalized spacial score (nSPS) is 26.4. The van der Waals surface area contributed by atoms with Gasteiger partial charge in [-0.2, -0.15) is 0 Å². The molecule has 414 valence electrons. The van der Waals surface area contributed by atoms with E-state index in [4.69, 9.17) is 18.9 Å². The molecule has 0 aromatic rings. The molecule has 14 heteroatoms. The van der Waals surface area contributed by atoms with Crippen LogP contribution in [-0.2, 0) is 23.7 Å². The molecular formula is C59H95NO13. The molecule has 2 fully saturated rings. The molecule has 0 aliphatic carbocycles. The molecular weight excluding hydrogens is 931 g/mol. The van der Waals surface area contributed by atoms with E-state index in [1.807, 2.05) is 6.08 Å². The molecule has 1 amide bonds. The lowest BCUT2D eigenvalue weighted by molar-refractivity contribution is -0.359. The fourth-order valence-corrected chi connectivity index (χ4v) is 7.99. The zero-order valence-electron chi connectivity index (χ0n) is 44.1. The highest BCUT2D eigenvalue weighted by Gasteiger charge is 2.51. The lowest BCUT2D eigenvalue weighted by Crippen LogP contribution is -2.65. The largest absolute Gasteiger partial charge is 0.394 e. The van der Waals surface area contributed by atoms with Crippen molar-refractivity contribution in [3.05, 3.63) is 122 Å². The highest BCUT2D eigenvalue weighted by atomic mass is 16.7. The summed E-state index contributed by atoms with van der Waals surface area (Å²) in [4.78, 5) is 13.1. The van der Waals surface area contributed by atoms with Crippen LogP contribution in [-0.4, -0.2) is 140 Å². The third-order valence-corrected chi connectivity index (χ3v) is 12.4. The van der Waals surface area contributed by atoms with Gasteiger partial charge in [-0.3, -0.25) is 4.79 Å². The Morgan fingerprint density at radius 3 is 1.45 bits per heavy atom. The van der Waals surface area contributed by atoms with Crippen LogP contribution in [0.4, 0.5) is 0 Å². The SMILES string of the molecule is CC/C=C\C/C=C\C/C=C\C/C=C\C/C=C\C/C=C\C/C=C\C/C=C\C/C=C\CCCCCCCC(=O)NC(COC1OC(CO)C(OC2OC(CO)C(O)C(O)C2O)C(O)C1O)C(O)/C=C/CCCCCC. The van der Waals surface area contributed by atoms with Gasteiger partial charge in [-0.1, -0.05) is 174 Å². The van der Waals surface area contributed by atoms with Crippen LogP contribution < -0.4 is 5.32 Å². The van der Waals surface area contributed by atoms with Crippen LogP contribution in [0.1, 0.15) is 149 Å². The average molecular weight is 1030 g/mol. The van der Waals surface area contributed by atoms with E-state index in [0.717, 1.165) is 122 Å². The summed E-state index contributed by atoms with van der Waals surface area (Å²) >= 11 is 0. The molecule has 73 heavy (non-hydrogen) atoms. The summed E-state index contributed by atoms with van der Waals surface area (Å²) in [6, 6.07) is -0.930. The third kappa shape index (κ3) is 29.9. The lowest BCUT2D eigenvalue weighted by Gasteiger charge is -2.46. The number of rotatable bonds is 40. The van der Waals surface area contributed by atoms with E-state index in [-0.39, 0.29) is 18.9 Å². The molecule has 2 aliphatic heterocycles. The van der Waals surface area contributed by atoms with Crippen molar-refractivity contribution in [2.45, 2.75) is 222 Å². The quantitative estimate of drug-likeness (QED) is 0.0208. The topological polar surface area (TPSA) is 228 Å². The predicted molar refractivity (Wildman–Crippen MR) is 290 cm³/mol. The Morgan fingerprint density at radius 1 is 0.507 bits per heavy atom. The number of aliphatic hydroxyl groups excluding tert-OH is 8. The van der Waals surface area contributed by atoms with E-state index in [1.165, 1.54) is 0 Å². The maximum absolute atomic E-state index is 13.1. The molecule has 14 nitrogen and oxygen atoms in total. The van der Waals surface area contributed by atoms with Gasteiger partial charge in [0.1, 0.15) is 48.8 Å². The summed E-state index contributed by atoms with van der Waals surface area (Å²) in [5.74, 6) is -0.272. The minimum atomic E-state index is -1.79. The van der Waals surface area contributed by atoms with Gasteiger partial charge in [0.25, 0.3) is 0 Å². The van der Waals surface area contributed by atoms with Gasteiger partial charge in [0.05, 0.1) is 32.0 Å². The molecule has 0 aromatic heterocycles. The first-order valence-electron chi connectivity index (χ1n) is 27.3. The number of aliphatic hydroxyl groups is 8. The number of allylic oxidation sites excluding steroid dienone is 19. The molecule has 12 unspecified atom stereocenters. The molecule has 9 N–H and O–H groups in total. The first-order chi connectivity index (χ1) is 35.6. The van der Waals surface area contributed by atoms with E-state index in [2.05, 4.69) is 129 Å². The summed E-state index contributed by atoms with van der Waals surface area (Å²) < 4.78 is 22.6. The Labute approximate surface area is 438 Å². The molecule has 0 radical (unpaired) electrons. The summed E-state index contributed by atoms with van der Waals surface area (Å²) in [5, 5.41) is 86.4. The smallest absolute Gasteiger partial charge is 0.220 e. The van der Waals surface area contributed by atoms with Crippen molar-refractivity contribution in [1.82, 2.24) is 5.32 Å². The number of amides is 1. The standard InChI is InChI=1S/C59H95NO13/c1-3-5-7-9-11-12-13-14-15-16-17-18-19-20-21-22-23-24-25-26-27-28-29-30-31-32-33-34-35-36-37-39-41-43-51(64)60-47(48(63)42-40-38-10-8-6-4-2)46-70-58-56(69)54(67)57(50(45-62)72-58)73-59-55(68)53(66)52(65)49(44-61)71-59/h5,7,11-12,14-15,17-18,20-21,23-24,26-27,29-30,32-33,40,42,47-50,52-59,61-63,65-69H,3-4,6,8-10,13,16,19,22,25,28,31,34-39,41,43-46H2,1-2H3,(H,60,64)/b7-5-,12-11-,15-14-,18-17-,21-20-,24-23-,27-26-,30-29-,33-32-,42-40+. The van der Waals surface area contributed by atoms with E-state index in [1.54, 1.807) is 6.08 Å². The molecule has 2 aliphatic rings. The second-order valence-corrected chi connectivity index (χ2v) is 18.6. The van der Waals surface area contributed by atoms with E-state index in [0.29, 0.717) is 6.42 Å². The molecule has 2 saturated heterocycles. The van der Waals surface area contributed by atoms with E-state index in [9.17, 15) is 45.6 Å². The highest BCUT2D eigenvalue weighted by Crippen LogP contribution is 2.30.